The second-order valence-corrected chi connectivity index (χ2v) is 4.69. The molecule has 0 aliphatic heterocycles. The van der Waals surface area contributed by atoms with Crippen molar-refractivity contribution in [3.63, 3.8) is 0 Å². The first kappa shape index (κ1) is 12.0. The van der Waals surface area contributed by atoms with Gasteiger partial charge in [-0.3, -0.25) is 10.2 Å². The quantitative estimate of drug-likeness (QED) is 0.805. The predicted molar refractivity (Wildman–Crippen MR) is 63.6 cm³/mol. The fraction of sp³-hybridized carbons (Fsp3) is 0.727. The molecule has 1 heterocycles. The van der Waals surface area contributed by atoms with Crippen molar-refractivity contribution in [3.8, 4) is 0 Å². The molecule has 0 aromatic carbocycles. The Hall–Kier alpha value is -1.43. The van der Waals surface area contributed by atoms with E-state index < -0.39 is 6.04 Å². The van der Waals surface area contributed by atoms with Gasteiger partial charge in [0.05, 0.1) is 6.04 Å². The van der Waals surface area contributed by atoms with E-state index in [2.05, 4.69) is 15.6 Å². The summed E-state index contributed by atoms with van der Waals surface area (Å²) in [5.74, 6) is 0.431. The Balaban J connectivity index is 1.78. The van der Waals surface area contributed by atoms with Crippen molar-refractivity contribution < 1.29 is 4.79 Å². The Morgan fingerprint density at radius 3 is 2.65 bits per heavy atom. The molecule has 0 saturated heterocycles. The van der Waals surface area contributed by atoms with Crippen LogP contribution in [0.1, 0.15) is 38.5 Å². The number of carbonyl (C=O) groups is 1. The van der Waals surface area contributed by atoms with E-state index in [0.29, 0.717) is 5.92 Å². The van der Waals surface area contributed by atoms with E-state index in [4.69, 9.17) is 5.73 Å². The summed E-state index contributed by atoms with van der Waals surface area (Å²) in [6.07, 6.45) is 9.90. The van der Waals surface area contributed by atoms with Gasteiger partial charge in [0.15, 0.2) is 0 Å². The third kappa shape index (κ3) is 3.52. The lowest BCUT2D eigenvalue weighted by molar-refractivity contribution is -0.118. The smallest absolute Gasteiger partial charge is 0.255 e. The lowest BCUT2D eigenvalue weighted by atomic mass is 9.85. The number of nitrogens with two attached hydrogens (primary N) is 1. The zero-order valence-electron chi connectivity index (χ0n) is 9.88. The van der Waals surface area contributed by atoms with Gasteiger partial charge in [0, 0.05) is 0 Å². The van der Waals surface area contributed by atoms with E-state index in [1.165, 1.54) is 49.4 Å². The molecule has 2 rings (SSSR count). The number of hydrogen-bond donors (Lipinski definition) is 2. The lowest BCUT2D eigenvalue weighted by Crippen LogP contribution is -2.40. The second-order valence-electron chi connectivity index (χ2n) is 4.69. The van der Waals surface area contributed by atoms with Crippen LogP contribution >= 0.6 is 0 Å². The number of hydrogen-bond acceptors (Lipinski definition) is 4. The SMILES string of the molecule is N[C@@H](CC1CCCCC1)C(=O)Nn1cnnc1. The van der Waals surface area contributed by atoms with Crippen LogP contribution in [0.15, 0.2) is 12.7 Å². The van der Waals surface area contributed by atoms with Crippen LogP contribution in [0.25, 0.3) is 0 Å². The second kappa shape index (κ2) is 5.77. The number of carbonyl (C=O) groups excluding carboxylic acids is 1. The molecule has 94 valence electrons. The average Bonchev–Trinajstić information content (AvgIpc) is 2.83. The van der Waals surface area contributed by atoms with Crippen LogP contribution in [0, 0.1) is 5.92 Å². The average molecular weight is 237 g/mol. The summed E-state index contributed by atoms with van der Waals surface area (Å²) in [6, 6.07) is -0.444. The molecule has 1 atom stereocenters. The molecule has 1 saturated carbocycles. The minimum absolute atomic E-state index is 0.171. The maximum atomic E-state index is 11.8. The van der Waals surface area contributed by atoms with Crippen molar-refractivity contribution in [2.24, 2.45) is 11.7 Å². The number of rotatable bonds is 4. The summed E-state index contributed by atoms with van der Waals surface area (Å²) >= 11 is 0. The fourth-order valence-corrected chi connectivity index (χ4v) is 2.36. The highest BCUT2D eigenvalue weighted by molar-refractivity contribution is 5.88. The van der Waals surface area contributed by atoms with E-state index in [0.717, 1.165) is 6.42 Å². The molecule has 0 radical (unpaired) electrons. The number of nitrogens with one attached hydrogen (secondary N) is 1. The third-order valence-corrected chi connectivity index (χ3v) is 3.31. The summed E-state index contributed by atoms with van der Waals surface area (Å²) in [6.45, 7) is 0. The van der Waals surface area contributed by atoms with E-state index >= 15 is 0 Å². The maximum Gasteiger partial charge on any atom is 0.255 e. The third-order valence-electron chi connectivity index (χ3n) is 3.31. The van der Waals surface area contributed by atoms with Crippen LogP contribution in [-0.2, 0) is 4.79 Å². The number of nitrogens with zero attached hydrogens (tertiary/aromatic N) is 3. The van der Waals surface area contributed by atoms with Gasteiger partial charge in [-0.05, 0) is 12.3 Å². The van der Waals surface area contributed by atoms with E-state index in [1.807, 2.05) is 0 Å². The summed E-state index contributed by atoms with van der Waals surface area (Å²) in [5.41, 5.74) is 8.54. The summed E-state index contributed by atoms with van der Waals surface area (Å²) < 4.78 is 1.42. The molecule has 1 amide bonds. The van der Waals surface area contributed by atoms with Crippen LogP contribution in [0.4, 0.5) is 0 Å². The number of amides is 1. The van der Waals surface area contributed by atoms with Crippen molar-refractivity contribution in [2.45, 2.75) is 44.6 Å². The molecular formula is C11H19N5O. The van der Waals surface area contributed by atoms with Gasteiger partial charge in [-0.25, -0.2) is 4.68 Å². The Morgan fingerprint density at radius 1 is 1.35 bits per heavy atom. The molecule has 1 aromatic rings. The summed E-state index contributed by atoms with van der Waals surface area (Å²) in [5, 5.41) is 7.22. The minimum atomic E-state index is -0.444. The van der Waals surface area contributed by atoms with Crippen LogP contribution in [0.5, 0.6) is 0 Å². The van der Waals surface area contributed by atoms with Crippen molar-refractivity contribution >= 4 is 5.91 Å². The molecular weight excluding hydrogens is 218 g/mol. The van der Waals surface area contributed by atoms with E-state index in [-0.39, 0.29) is 5.91 Å². The highest BCUT2D eigenvalue weighted by Gasteiger charge is 2.21. The van der Waals surface area contributed by atoms with E-state index in [9.17, 15) is 4.79 Å². The maximum absolute atomic E-state index is 11.8. The first-order valence-electron chi connectivity index (χ1n) is 6.17. The van der Waals surface area contributed by atoms with Crippen molar-refractivity contribution in [1.29, 1.82) is 0 Å². The molecule has 17 heavy (non-hydrogen) atoms. The highest BCUT2D eigenvalue weighted by Crippen LogP contribution is 2.26. The Morgan fingerprint density at radius 2 is 2.00 bits per heavy atom. The van der Waals surface area contributed by atoms with Crippen molar-refractivity contribution in [2.75, 3.05) is 5.43 Å². The van der Waals surface area contributed by atoms with Gasteiger partial charge in [0.1, 0.15) is 12.7 Å². The Labute approximate surface area is 101 Å². The molecule has 0 unspecified atom stereocenters. The van der Waals surface area contributed by atoms with Crippen LogP contribution < -0.4 is 11.2 Å². The molecule has 1 aliphatic carbocycles. The Bertz CT molecular complexity index is 345. The molecule has 6 nitrogen and oxygen atoms in total. The molecule has 1 aliphatic rings. The summed E-state index contributed by atoms with van der Waals surface area (Å²) in [7, 11) is 0. The van der Waals surface area contributed by atoms with E-state index in [1.54, 1.807) is 0 Å². The van der Waals surface area contributed by atoms with Crippen LogP contribution in [0.3, 0.4) is 0 Å². The van der Waals surface area contributed by atoms with Gasteiger partial charge < -0.3 is 5.73 Å². The van der Waals surface area contributed by atoms with Crippen molar-refractivity contribution in [1.82, 2.24) is 14.9 Å². The monoisotopic (exact) mass is 237 g/mol. The fourth-order valence-electron chi connectivity index (χ4n) is 2.36. The summed E-state index contributed by atoms with van der Waals surface area (Å²) in [4.78, 5) is 11.8. The zero-order valence-corrected chi connectivity index (χ0v) is 9.88. The van der Waals surface area contributed by atoms with Crippen molar-refractivity contribution in [3.05, 3.63) is 12.7 Å². The zero-order chi connectivity index (χ0) is 12.1. The first-order valence-corrected chi connectivity index (χ1v) is 6.17. The molecule has 1 fully saturated rings. The van der Waals surface area contributed by atoms with Gasteiger partial charge >= 0.3 is 0 Å². The van der Waals surface area contributed by atoms with Crippen LogP contribution in [0.2, 0.25) is 0 Å². The largest absolute Gasteiger partial charge is 0.320 e. The Kier molecular flexibility index (Phi) is 4.08. The minimum Gasteiger partial charge on any atom is -0.320 e. The van der Waals surface area contributed by atoms with Crippen LogP contribution in [-0.4, -0.2) is 26.8 Å². The normalized spacial score (nSPS) is 18.9. The van der Waals surface area contributed by atoms with Gasteiger partial charge in [0.25, 0.3) is 5.91 Å². The lowest BCUT2D eigenvalue weighted by Gasteiger charge is -2.24. The molecule has 1 aromatic heterocycles. The topological polar surface area (TPSA) is 85.8 Å². The van der Waals surface area contributed by atoms with Gasteiger partial charge in [0.2, 0.25) is 0 Å². The first-order chi connectivity index (χ1) is 8.25. The molecule has 6 heteroatoms. The number of aromatic nitrogens is 3. The van der Waals surface area contributed by atoms with Gasteiger partial charge in [-0.1, -0.05) is 32.1 Å². The highest BCUT2D eigenvalue weighted by atomic mass is 16.2. The van der Waals surface area contributed by atoms with Gasteiger partial charge in [-0.2, -0.15) is 0 Å². The van der Waals surface area contributed by atoms with Gasteiger partial charge in [-0.15, -0.1) is 10.2 Å². The predicted octanol–water partition coefficient (Wildman–Crippen LogP) is 0.646. The standard InChI is InChI=1S/C11H19N5O/c12-10(6-9-4-2-1-3-5-9)11(17)15-16-7-13-14-8-16/h7-10H,1-6,12H2,(H,15,17)/t10-/m0/s1. The molecule has 0 spiro atoms. The molecule has 0 bridgehead atoms. The molecule has 3 N–H and O–H groups in total.